The lowest BCUT2D eigenvalue weighted by atomic mass is 9.99. The number of carbonyl (C=O) groups excluding carboxylic acids is 3. The molecule has 0 heterocycles. The number of carbonyl (C=O) groups is 3. The molecule has 0 aromatic heterocycles. The summed E-state index contributed by atoms with van der Waals surface area (Å²) in [7, 11) is 0. The Labute approximate surface area is 167 Å². The molecule has 0 saturated heterocycles. The minimum Gasteiger partial charge on any atom is -0.445 e. The standard InChI is InChI=1S/C21H33N3O4/c1-14(2)10-17(12-19(22)25)23-20(26)18(11-15(3)4)24-21(27)28-13-16-8-6-5-7-9-16/h5-9,14-15,17-18H,10-13H2,1-4H3,(H2,22,25)(H,23,26)(H,24,27)/t17-,18-/m0/s1. The molecular formula is C21H33N3O4. The molecule has 0 unspecified atom stereocenters. The second kappa shape index (κ2) is 12.0. The fourth-order valence-corrected chi connectivity index (χ4v) is 2.92. The summed E-state index contributed by atoms with van der Waals surface area (Å²) in [6.07, 6.45) is 0.496. The maximum absolute atomic E-state index is 12.7. The van der Waals surface area contributed by atoms with Crippen molar-refractivity contribution in [2.45, 2.75) is 65.6 Å². The number of rotatable bonds is 11. The van der Waals surface area contributed by atoms with Crippen LogP contribution in [0.3, 0.4) is 0 Å². The minimum absolute atomic E-state index is 0.0662. The van der Waals surface area contributed by atoms with Crippen molar-refractivity contribution in [1.82, 2.24) is 10.6 Å². The Morgan fingerprint density at radius 1 is 0.964 bits per heavy atom. The number of hydrogen-bond acceptors (Lipinski definition) is 4. The molecular weight excluding hydrogens is 358 g/mol. The van der Waals surface area contributed by atoms with Gasteiger partial charge in [0, 0.05) is 12.5 Å². The third kappa shape index (κ3) is 9.94. The van der Waals surface area contributed by atoms with Crippen molar-refractivity contribution < 1.29 is 19.1 Å². The van der Waals surface area contributed by atoms with Gasteiger partial charge in [0.15, 0.2) is 0 Å². The molecule has 0 aliphatic heterocycles. The van der Waals surface area contributed by atoms with Gasteiger partial charge in [-0.3, -0.25) is 9.59 Å². The normalized spacial score (nSPS) is 13.1. The molecule has 4 N–H and O–H groups in total. The topological polar surface area (TPSA) is 111 Å². The van der Waals surface area contributed by atoms with Crippen LogP contribution in [0.25, 0.3) is 0 Å². The van der Waals surface area contributed by atoms with Gasteiger partial charge in [-0.1, -0.05) is 58.0 Å². The van der Waals surface area contributed by atoms with Crippen molar-refractivity contribution in [3.05, 3.63) is 35.9 Å². The van der Waals surface area contributed by atoms with Crippen LogP contribution in [0.4, 0.5) is 4.79 Å². The van der Waals surface area contributed by atoms with E-state index in [0.717, 1.165) is 5.56 Å². The zero-order valence-electron chi connectivity index (χ0n) is 17.2. The van der Waals surface area contributed by atoms with Crippen molar-refractivity contribution in [3.8, 4) is 0 Å². The Balaban J connectivity index is 2.69. The Morgan fingerprint density at radius 3 is 2.11 bits per heavy atom. The van der Waals surface area contributed by atoms with Crippen LogP contribution in [0.15, 0.2) is 30.3 Å². The summed E-state index contributed by atoms with van der Waals surface area (Å²) in [5.74, 6) is -0.333. The smallest absolute Gasteiger partial charge is 0.408 e. The maximum Gasteiger partial charge on any atom is 0.408 e. The molecule has 0 saturated carbocycles. The average molecular weight is 392 g/mol. The highest BCUT2D eigenvalue weighted by atomic mass is 16.5. The number of amides is 3. The highest BCUT2D eigenvalue weighted by Gasteiger charge is 2.26. The van der Waals surface area contributed by atoms with Crippen LogP contribution in [0, 0.1) is 11.8 Å². The second-order valence-electron chi connectivity index (χ2n) is 7.89. The zero-order chi connectivity index (χ0) is 21.1. The molecule has 1 aromatic carbocycles. The Bertz CT molecular complexity index is 632. The average Bonchev–Trinajstić information content (AvgIpc) is 2.58. The first kappa shape index (κ1) is 23.5. The lowest BCUT2D eigenvalue weighted by molar-refractivity contribution is -0.124. The third-order valence-electron chi connectivity index (χ3n) is 4.08. The van der Waals surface area contributed by atoms with E-state index < -0.39 is 18.0 Å². The molecule has 3 amide bonds. The zero-order valence-corrected chi connectivity index (χ0v) is 17.2. The molecule has 7 nitrogen and oxygen atoms in total. The first-order valence-electron chi connectivity index (χ1n) is 9.73. The van der Waals surface area contributed by atoms with Crippen LogP contribution < -0.4 is 16.4 Å². The van der Waals surface area contributed by atoms with Gasteiger partial charge in [0.25, 0.3) is 0 Å². The Hall–Kier alpha value is -2.57. The summed E-state index contributed by atoms with van der Waals surface area (Å²) < 4.78 is 5.22. The van der Waals surface area contributed by atoms with Gasteiger partial charge in [-0.15, -0.1) is 0 Å². The largest absolute Gasteiger partial charge is 0.445 e. The first-order valence-corrected chi connectivity index (χ1v) is 9.73. The summed E-state index contributed by atoms with van der Waals surface area (Å²) >= 11 is 0. The van der Waals surface area contributed by atoms with E-state index in [9.17, 15) is 14.4 Å². The molecule has 1 aromatic rings. The van der Waals surface area contributed by atoms with Crippen LogP contribution in [-0.4, -0.2) is 30.0 Å². The number of benzene rings is 1. The van der Waals surface area contributed by atoms with E-state index in [1.807, 2.05) is 58.0 Å². The van der Waals surface area contributed by atoms with Gasteiger partial charge in [0.05, 0.1) is 0 Å². The fraction of sp³-hybridized carbons (Fsp3) is 0.571. The molecule has 28 heavy (non-hydrogen) atoms. The van der Waals surface area contributed by atoms with Crippen LogP contribution in [-0.2, 0) is 20.9 Å². The predicted molar refractivity (Wildman–Crippen MR) is 108 cm³/mol. The predicted octanol–water partition coefficient (Wildman–Crippen LogP) is 2.73. The maximum atomic E-state index is 12.7. The van der Waals surface area contributed by atoms with E-state index in [1.54, 1.807) is 0 Å². The summed E-state index contributed by atoms with van der Waals surface area (Å²) in [6.45, 7) is 8.06. The number of nitrogens with one attached hydrogen (secondary N) is 2. The SMILES string of the molecule is CC(C)C[C@@H](CC(N)=O)NC(=O)[C@H](CC(C)C)NC(=O)OCc1ccccc1. The van der Waals surface area contributed by atoms with Crippen LogP contribution in [0.1, 0.15) is 52.5 Å². The van der Waals surface area contributed by atoms with Crippen LogP contribution in [0.5, 0.6) is 0 Å². The Kier molecular flexibility index (Phi) is 10.1. The molecule has 0 aliphatic carbocycles. The molecule has 0 aliphatic rings. The van der Waals surface area contributed by atoms with Crippen molar-refractivity contribution in [2.75, 3.05) is 0 Å². The summed E-state index contributed by atoms with van der Waals surface area (Å²) in [6, 6.07) is 8.20. The van der Waals surface area contributed by atoms with Gasteiger partial charge < -0.3 is 21.1 Å². The van der Waals surface area contributed by atoms with E-state index in [-0.39, 0.29) is 36.8 Å². The quantitative estimate of drug-likeness (QED) is 0.538. The van der Waals surface area contributed by atoms with E-state index in [1.165, 1.54) is 0 Å². The summed E-state index contributed by atoms with van der Waals surface area (Å²) in [5.41, 5.74) is 6.16. The van der Waals surface area contributed by atoms with Crippen molar-refractivity contribution in [2.24, 2.45) is 17.6 Å². The van der Waals surface area contributed by atoms with Crippen LogP contribution >= 0.6 is 0 Å². The molecule has 7 heteroatoms. The monoisotopic (exact) mass is 391 g/mol. The molecule has 0 fully saturated rings. The fourth-order valence-electron chi connectivity index (χ4n) is 2.92. The van der Waals surface area contributed by atoms with Crippen molar-refractivity contribution >= 4 is 17.9 Å². The number of nitrogens with two attached hydrogens (primary N) is 1. The van der Waals surface area contributed by atoms with E-state index >= 15 is 0 Å². The van der Waals surface area contributed by atoms with Gasteiger partial charge in [-0.2, -0.15) is 0 Å². The number of primary amides is 1. The van der Waals surface area contributed by atoms with E-state index in [2.05, 4.69) is 10.6 Å². The molecule has 0 spiro atoms. The van der Waals surface area contributed by atoms with E-state index in [0.29, 0.717) is 12.8 Å². The highest BCUT2D eigenvalue weighted by molar-refractivity contribution is 5.86. The number of alkyl carbamates (subject to hydrolysis) is 1. The van der Waals surface area contributed by atoms with Gasteiger partial charge in [0.1, 0.15) is 12.6 Å². The van der Waals surface area contributed by atoms with Gasteiger partial charge in [0.2, 0.25) is 11.8 Å². The molecule has 156 valence electrons. The molecule has 2 atom stereocenters. The highest BCUT2D eigenvalue weighted by Crippen LogP contribution is 2.11. The van der Waals surface area contributed by atoms with E-state index in [4.69, 9.17) is 10.5 Å². The molecule has 1 rings (SSSR count). The minimum atomic E-state index is -0.745. The van der Waals surface area contributed by atoms with Gasteiger partial charge in [-0.25, -0.2) is 4.79 Å². The second-order valence-corrected chi connectivity index (χ2v) is 7.89. The van der Waals surface area contributed by atoms with Crippen molar-refractivity contribution in [1.29, 1.82) is 0 Å². The first-order chi connectivity index (χ1) is 13.2. The van der Waals surface area contributed by atoms with Crippen LogP contribution in [0.2, 0.25) is 0 Å². The summed E-state index contributed by atoms with van der Waals surface area (Å²) in [5, 5.41) is 5.50. The number of hydrogen-bond donors (Lipinski definition) is 3. The van der Waals surface area contributed by atoms with Crippen molar-refractivity contribution in [3.63, 3.8) is 0 Å². The molecule has 0 radical (unpaired) electrons. The van der Waals surface area contributed by atoms with Gasteiger partial charge in [-0.05, 0) is 30.2 Å². The number of ether oxygens (including phenoxy) is 1. The Morgan fingerprint density at radius 2 is 1.57 bits per heavy atom. The lowest BCUT2D eigenvalue weighted by Crippen LogP contribution is -2.51. The third-order valence-corrected chi connectivity index (χ3v) is 4.08. The molecule has 0 bridgehead atoms. The lowest BCUT2D eigenvalue weighted by Gasteiger charge is -2.24. The summed E-state index contributed by atoms with van der Waals surface area (Å²) in [4.78, 5) is 36.2. The van der Waals surface area contributed by atoms with Gasteiger partial charge >= 0.3 is 6.09 Å².